The molecular weight excluding hydrogens is 1020 g/mol. The number of hydrogen-bond acceptors (Lipinski definition) is 5. The first-order chi connectivity index (χ1) is 41.0. The summed E-state index contributed by atoms with van der Waals surface area (Å²) in [6.45, 7) is 4.92. The number of rotatable bonds is 71. The summed E-state index contributed by atoms with van der Waals surface area (Å²) < 4.78 is 5.52. The third kappa shape index (κ3) is 69.1. The first-order valence-electron chi connectivity index (χ1n) is 37.8. The summed E-state index contributed by atoms with van der Waals surface area (Å²) >= 11 is 0. The SMILES string of the molecule is CCCCCCCCCC/C=C/C(O)C(CO)NC(=O)CCCCCCCCCCCCCCCCCCC/C=C\C/C=C\CCCCCCCCCCCCCCCOC(=O)CCCCCCCCCCCCCCCCCCCCC. The molecule has 0 saturated heterocycles. The molecule has 0 aromatic carbocycles. The van der Waals surface area contributed by atoms with Gasteiger partial charge in [-0.2, -0.15) is 0 Å². The maximum absolute atomic E-state index is 12.4. The van der Waals surface area contributed by atoms with Crippen LogP contribution in [-0.2, 0) is 14.3 Å². The predicted octanol–water partition coefficient (Wildman–Crippen LogP) is 24.7. The largest absolute Gasteiger partial charge is 0.466 e. The van der Waals surface area contributed by atoms with E-state index in [1.807, 2.05) is 6.08 Å². The predicted molar refractivity (Wildman–Crippen MR) is 366 cm³/mol. The molecular formula is C77H147NO5. The molecule has 0 rings (SSSR count). The van der Waals surface area contributed by atoms with Crippen LogP contribution in [0.15, 0.2) is 36.5 Å². The molecule has 0 spiro atoms. The average molecular weight is 1170 g/mol. The highest BCUT2D eigenvalue weighted by atomic mass is 16.5. The van der Waals surface area contributed by atoms with Gasteiger partial charge in [0.1, 0.15) is 0 Å². The first kappa shape index (κ1) is 81.1. The lowest BCUT2D eigenvalue weighted by atomic mass is 10.0. The van der Waals surface area contributed by atoms with Crippen molar-refractivity contribution in [3.05, 3.63) is 36.5 Å². The molecule has 0 aliphatic heterocycles. The van der Waals surface area contributed by atoms with Crippen LogP contribution in [0.25, 0.3) is 0 Å². The van der Waals surface area contributed by atoms with Crippen molar-refractivity contribution >= 4 is 11.9 Å². The van der Waals surface area contributed by atoms with E-state index < -0.39 is 12.1 Å². The number of aliphatic hydroxyl groups excluding tert-OH is 2. The fraction of sp³-hybridized carbons (Fsp3) is 0.896. The molecule has 0 bridgehead atoms. The number of carbonyl (C=O) groups is 2. The number of allylic oxidation sites excluding steroid dienone is 5. The van der Waals surface area contributed by atoms with Crippen LogP contribution in [-0.4, -0.2) is 47.4 Å². The van der Waals surface area contributed by atoms with Gasteiger partial charge in [-0.3, -0.25) is 9.59 Å². The second-order valence-corrected chi connectivity index (χ2v) is 26.0. The smallest absolute Gasteiger partial charge is 0.305 e. The molecule has 6 heteroatoms. The first-order valence-corrected chi connectivity index (χ1v) is 37.8. The zero-order chi connectivity index (χ0) is 59.9. The molecule has 3 N–H and O–H groups in total. The Morgan fingerprint density at radius 2 is 0.602 bits per heavy atom. The summed E-state index contributed by atoms with van der Waals surface area (Å²) in [5.74, 6) is -0.0418. The van der Waals surface area contributed by atoms with Gasteiger partial charge in [0.2, 0.25) is 5.91 Å². The Morgan fingerprint density at radius 1 is 0.337 bits per heavy atom. The van der Waals surface area contributed by atoms with Crippen molar-refractivity contribution in [1.82, 2.24) is 5.32 Å². The molecule has 0 aromatic rings. The van der Waals surface area contributed by atoms with Crippen molar-refractivity contribution in [3.63, 3.8) is 0 Å². The fourth-order valence-corrected chi connectivity index (χ4v) is 11.9. The van der Waals surface area contributed by atoms with Crippen LogP contribution in [0.2, 0.25) is 0 Å². The number of nitrogens with one attached hydrogen (secondary N) is 1. The Morgan fingerprint density at radius 3 is 0.916 bits per heavy atom. The lowest BCUT2D eigenvalue weighted by molar-refractivity contribution is -0.143. The number of unbranched alkanes of at least 4 members (excludes halogenated alkanes) is 56. The van der Waals surface area contributed by atoms with Gasteiger partial charge in [0, 0.05) is 12.8 Å². The average Bonchev–Trinajstić information content (AvgIpc) is 3.48. The number of hydrogen-bond donors (Lipinski definition) is 3. The molecule has 490 valence electrons. The molecule has 0 radical (unpaired) electrons. The van der Waals surface area contributed by atoms with Gasteiger partial charge in [0.25, 0.3) is 0 Å². The molecule has 2 atom stereocenters. The summed E-state index contributed by atoms with van der Waals surface area (Å²) in [4.78, 5) is 24.6. The third-order valence-corrected chi connectivity index (χ3v) is 17.7. The summed E-state index contributed by atoms with van der Waals surface area (Å²) in [6.07, 6.45) is 94.1. The summed E-state index contributed by atoms with van der Waals surface area (Å²) in [7, 11) is 0. The van der Waals surface area contributed by atoms with Crippen LogP contribution in [0, 0.1) is 0 Å². The highest BCUT2D eigenvalue weighted by Crippen LogP contribution is 2.19. The van der Waals surface area contributed by atoms with E-state index in [2.05, 4.69) is 43.5 Å². The number of aliphatic hydroxyl groups is 2. The van der Waals surface area contributed by atoms with Crippen molar-refractivity contribution in [1.29, 1.82) is 0 Å². The van der Waals surface area contributed by atoms with Crippen LogP contribution >= 0.6 is 0 Å². The van der Waals surface area contributed by atoms with E-state index in [1.165, 1.54) is 347 Å². The van der Waals surface area contributed by atoms with Gasteiger partial charge in [-0.15, -0.1) is 0 Å². The van der Waals surface area contributed by atoms with E-state index in [0.29, 0.717) is 19.4 Å². The Labute approximate surface area is 519 Å². The van der Waals surface area contributed by atoms with Crippen LogP contribution in [0.1, 0.15) is 418 Å². The van der Waals surface area contributed by atoms with Crippen molar-refractivity contribution in [2.24, 2.45) is 0 Å². The van der Waals surface area contributed by atoms with Crippen LogP contribution < -0.4 is 5.32 Å². The Bertz CT molecular complexity index is 1340. The topological polar surface area (TPSA) is 95.9 Å². The highest BCUT2D eigenvalue weighted by molar-refractivity contribution is 5.76. The van der Waals surface area contributed by atoms with Crippen molar-refractivity contribution in [2.75, 3.05) is 13.2 Å². The highest BCUT2D eigenvalue weighted by Gasteiger charge is 2.18. The Hall–Kier alpha value is -1.92. The summed E-state index contributed by atoms with van der Waals surface area (Å²) in [5, 5.41) is 23.0. The van der Waals surface area contributed by atoms with E-state index in [-0.39, 0.29) is 18.5 Å². The van der Waals surface area contributed by atoms with E-state index in [9.17, 15) is 19.8 Å². The lowest BCUT2D eigenvalue weighted by Crippen LogP contribution is -2.45. The van der Waals surface area contributed by atoms with E-state index >= 15 is 0 Å². The number of carbonyl (C=O) groups excluding carboxylic acids is 2. The minimum absolute atomic E-state index is 0.0239. The molecule has 1 amide bonds. The Balaban J connectivity index is 3.33. The zero-order valence-corrected chi connectivity index (χ0v) is 56.2. The van der Waals surface area contributed by atoms with Gasteiger partial charge in [-0.05, 0) is 64.2 Å². The summed E-state index contributed by atoms with van der Waals surface area (Å²) in [6, 6.07) is -0.624. The van der Waals surface area contributed by atoms with Gasteiger partial charge in [0.05, 0.1) is 25.4 Å². The standard InChI is InChI=1S/C77H147NO5/c1-3-5-7-9-11-13-15-16-17-18-38-42-45-48-51-55-59-63-67-71-77(82)83-72-68-64-60-56-52-49-46-43-40-37-35-33-31-29-27-25-23-21-19-20-22-24-26-28-30-32-34-36-39-41-44-47-50-54-58-62-66-70-76(81)78-74(73-79)75(80)69-65-61-57-53-14-12-10-8-6-4-2/h19,21,25,27,65,69,74-75,79-80H,3-18,20,22-24,26,28-64,66-68,70-73H2,1-2H3,(H,78,81)/b21-19-,27-25-,69-65+. The monoisotopic (exact) mass is 1170 g/mol. The quantitative estimate of drug-likeness (QED) is 0.0320. The molecule has 0 heterocycles. The van der Waals surface area contributed by atoms with Gasteiger partial charge in [0.15, 0.2) is 0 Å². The molecule has 6 nitrogen and oxygen atoms in total. The third-order valence-electron chi connectivity index (χ3n) is 17.7. The van der Waals surface area contributed by atoms with Crippen LogP contribution in [0.3, 0.4) is 0 Å². The van der Waals surface area contributed by atoms with E-state index in [0.717, 1.165) is 44.9 Å². The van der Waals surface area contributed by atoms with E-state index in [1.54, 1.807) is 6.08 Å². The number of esters is 1. The minimum atomic E-state index is -0.841. The van der Waals surface area contributed by atoms with Crippen LogP contribution in [0.5, 0.6) is 0 Å². The zero-order valence-electron chi connectivity index (χ0n) is 56.2. The van der Waals surface area contributed by atoms with Crippen molar-refractivity contribution in [2.45, 2.75) is 431 Å². The second kappa shape index (κ2) is 72.6. The fourth-order valence-electron chi connectivity index (χ4n) is 11.9. The molecule has 2 unspecified atom stereocenters. The van der Waals surface area contributed by atoms with Gasteiger partial charge >= 0.3 is 5.97 Å². The summed E-state index contributed by atoms with van der Waals surface area (Å²) in [5.41, 5.74) is 0. The Kier molecular flexibility index (Phi) is 70.9. The normalized spacial score (nSPS) is 12.7. The molecule has 0 fully saturated rings. The van der Waals surface area contributed by atoms with Gasteiger partial charge in [-0.1, -0.05) is 378 Å². The maximum atomic E-state index is 12.4. The lowest BCUT2D eigenvalue weighted by Gasteiger charge is -2.20. The second-order valence-electron chi connectivity index (χ2n) is 26.0. The number of amides is 1. The van der Waals surface area contributed by atoms with Crippen molar-refractivity contribution in [3.8, 4) is 0 Å². The maximum Gasteiger partial charge on any atom is 0.305 e. The molecule has 0 saturated carbocycles. The van der Waals surface area contributed by atoms with Crippen LogP contribution in [0.4, 0.5) is 0 Å². The van der Waals surface area contributed by atoms with Crippen molar-refractivity contribution < 1.29 is 24.5 Å². The van der Waals surface area contributed by atoms with E-state index in [4.69, 9.17) is 4.74 Å². The minimum Gasteiger partial charge on any atom is -0.466 e. The molecule has 0 aliphatic rings. The van der Waals surface area contributed by atoms with Gasteiger partial charge in [-0.25, -0.2) is 0 Å². The molecule has 0 aromatic heterocycles. The molecule has 83 heavy (non-hydrogen) atoms. The number of ether oxygens (including phenoxy) is 1. The van der Waals surface area contributed by atoms with Gasteiger partial charge < -0.3 is 20.3 Å². The molecule has 0 aliphatic carbocycles.